The molecule has 1 aromatic heterocycles. The molecule has 0 saturated carbocycles. The van der Waals surface area contributed by atoms with Gasteiger partial charge in [-0.2, -0.15) is 4.98 Å². The summed E-state index contributed by atoms with van der Waals surface area (Å²) in [5.41, 5.74) is -0.0355. The van der Waals surface area contributed by atoms with E-state index in [9.17, 15) is 9.18 Å². The molecular weight excluding hydrogens is 277 g/mol. The Hall–Kier alpha value is -2.70. The van der Waals surface area contributed by atoms with Crippen molar-refractivity contribution in [3.8, 4) is 5.88 Å². The number of aromatic carboxylic acids is 1. The van der Waals surface area contributed by atoms with Gasteiger partial charge in [-0.15, -0.1) is 0 Å². The van der Waals surface area contributed by atoms with Crippen molar-refractivity contribution >= 4 is 17.6 Å². The molecule has 0 radical (unpaired) electrons. The summed E-state index contributed by atoms with van der Waals surface area (Å²) in [7, 11) is 0. The van der Waals surface area contributed by atoms with Gasteiger partial charge in [-0.25, -0.2) is 14.2 Å². The van der Waals surface area contributed by atoms with E-state index in [0.717, 1.165) is 12.5 Å². The first-order valence-electron chi connectivity index (χ1n) is 6.36. The van der Waals surface area contributed by atoms with E-state index in [-0.39, 0.29) is 11.5 Å². The highest BCUT2D eigenvalue weighted by Gasteiger charge is 2.11. The molecule has 6 nitrogen and oxygen atoms in total. The summed E-state index contributed by atoms with van der Waals surface area (Å²) in [5.74, 6) is -1.49. The number of nitrogens with zero attached hydrogens (tertiary/aromatic N) is 2. The molecule has 2 rings (SSSR count). The summed E-state index contributed by atoms with van der Waals surface area (Å²) in [6, 6.07) is 5.31. The Bertz CT molecular complexity index is 649. The highest BCUT2D eigenvalue weighted by atomic mass is 19.1. The van der Waals surface area contributed by atoms with Gasteiger partial charge in [0.1, 0.15) is 5.82 Å². The third-order valence-corrected chi connectivity index (χ3v) is 2.54. The summed E-state index contributed by atoms with van der Waals surface area (Å²) >= 11 is 0. The van der Waals surface area contributed by atoms with Crippen LogP contribution < -0.4 is 10.1 Å². The summed E-state index contributed by atoms with van der Waals surface area (Å²) in [6.45, 7) is 2.52. The smallest absolute Gasteiger partial charge is 0.338 e. The minimum absolute atomic E-state index is 0.242. The SMILES string of the molecule is CCCOc1ccnc(Nc2ccc(C(=O)O)c(F)c2)n1. The van der Waals surface area contributed by atoms with Crippen LogP contribution in [0.4, 0.5) is 16.0 Å². The molecule has 110 valence electrons. The summed E-state index contributed by atoms with van der Waals surface area (Å²) in [4.78, 5) is 18.8. The number of rotatable bonds is 6. The first-order valence-corrected chi connectivity index (χ1v) is 6.36. The van der Waals surface area contributed by atoms with Crippen molar-refractivity contribution in [2.45, 2.75) is 13.3 Å². The van der Waals surface area contributed by atoms with E-state index < -0.39 is 11.8 Å². The molecule has 1 aromatic carbocycles. The molecule has 2 aromatic rings. The molecule has 1 heterocycles. The Balaban J connectivity index is 2.14. The van der Waals surface area contributed by atoms with Gasteiger partial charge in [0.05, 0.1) is 12.2 Å². The van der Waals surface area contributed by atoms with E-state index in [1.54, 1.807) is 6.07 Å². The first-order chi connectivity index (χ1) is 10.1. The Morgan fingerprint density at radius 3 is 2.90 bits per heavy atom. The van der Waals surface area contributed by atoms with Crippen LogP contribution in [0, 0.1) is 5.82 Å². The molecule has 0 aliphatic carbocycles. The molecular formula is C14H14FN3O3. The van der Waals surface area contributed by atoms with E-state index in [1.165, 1.54) is 18.3 Å². The third-order valence-electron chi connectivity index (χ3n) is 2.54. The molecule has 0 fully saturated rings. The molecule has 7 heteroatoms. The van der Waals surface area contributed by atoms with E-state index >= 15 is 0 Å². The average Bonchev–Trinajstić information content (AvgIpc) is 2.45. The van der Waals surface area contributed by atoms with Gasteiger partial charge in [-0.1, -0.05) is 6.92 Å². The lowest BCUT2D eigenvalue weighted by Gasteiger charge is -2.08. The van der Waals surface area contributed by atoms with Gasteiger partial charge in [-0.05, 0) is 24.6 Å². The lowest BCUT2D eigenvalue weighted by molar-refractivity contribution is 0.0692. The molecule has 0 aliphatic heterocycles. The van der Waals surface area contributed by atoms with Crippen LogP contribution in [-0.4, -0.2) is 27.7 Å². The van der Waals surface area contributed by atoms with Crippen LogP contribution >= 0.6 is 0 Å². The Morgan fingerprint density at radius 2 is 2.24 bits per heavy atom. The molecule has 2 N–H and O–H groups in total. The fraction of sp³-hybridized carbons (Fsp3) is 0.214. The van der Waals surface area contributed by atoms with Crippen molar-refractivity contribution < 1.29 is 19.0 Å². The second kappa shape index (κ2) is 6.65. The zero-order chi connectivity index (χ0) is 15.2. The molecule has 21 heavy (non-hydrogen) atoms. The van der Waals surface area contributed by atoms with Gasteiger partial charge in [-0.3, -0.25) is 0 Å². The van der Waals surface area contributed by atoms with E-state index in [1.807, 2.05) is 6.92 Å². The number of carboxylic acids is 1. The maximum Gasteiger partial charge on any atom is 0.338 e. The maximum absolute atomic E-state index is 13.6. The van der Waals surface area contributed by atoms with Crippen molar-refractivity contribution in [3.05, 3.63) is 41.8 Å². The predicted molar refractivity (Wildman–Crippen MR) is 74.5 cm³/mol. The molecule has 0 atom stereocenters. The van der Waals surface area contributed by atoms with Crippen molar-refractivity contribution in [3.63, 3.8) is 0 Å². The van der Waals surface area contributed by atoms with E-state index in [2.05, 4.69) is 15.3 Å². The topological polar surface area (TPSA) is 84.3 Å². The van der Waals surface area contributed by atoms with Crippen LogP contribution in [0.1, 0.15) is 23.7 Å². The second-order valence-electron chi connectivity index (χ2n) is 4.19. The second-order valence-corrected chi connectivity index (χ2v) is 4.19. The van der Waals surface area contributed by atoms with Crippen molar-refractivity contribution in [2.75, 3.05) is 11.9 Å². The maximum atomic E-state index is 13.6. The van der Waals surface area contributed by atoms with Gasteiger partial charge < -0.3 is 15.2 Å². The van der Waals surface area contributed by atoms with Crippen LogP contribution in [-0.2, 0) is 0 Å². The normalized spacial score (nSPS) is 10.2. The number of aromatic nitrogens is 2. The summed E-state index contributed by atoms with van der Waals surface area (Å²) in [5, 5.41) is 11.6. The molecule has 0 aliphatic rings. The van der Waals surface area contributed by atoms with E-state index in [0.29, 0.717) is 18.2 Å². The third kappa shape index (κ3) is 3.88. The highest BCUT2D eigenvalue weighted by molar-refractivity contribution is 5.88. The monoisotopic (exact) mass is 291 g/mol. The Morgan fingerprint density at radius 1 is 1.43 bits per heavy atom. The van der Waals surface area contributed by atoms with Gasteiger partial charge in [0, 0.05) is 18.0 Å². The van der Waals surface area contributed by atoms with Gasteiger partial charge >= 0.3 is 5.97 Å². The fourth-order valence-corrected chi connectivity index (χ4v) is 1.58. The van der Waals surface area contributed by atoms with Crippen LogP contribution in [0.5, 0.6) is 5.88 Å². The first kappa shape index (κ1) is 14.7. The van der Waals surface area contributed by atoms with Crippen LogP contribution in [0.3, 0.4) is 0 Å². The van der Waals surface area contributed by atoms with Crippen LogP contribution in [0.15, 0.2) is 30.5 Å². The largest absolute Gasteiger partial charge is 0.478 e. The summed E-state index contributed by atoms with van der Waals surface area (Å²) < 4.78 is 18.9. The number of ether oxygens (including phenoxy) is 1. The standard InChI is InChI=1S/C14H14FN3O3/c1-2-7-21-12-5-6-16-14(18-12)17-9-3-4-10(13(19)20)11(15)8-9/h3-6,8H,2,7H2,1H3,(H,19,20)(H,16,17,18). The predicted octanol–water partition coefficient (Wildman–Crippen LogP) is 2.85. The molecule has 0 unspecified atom stereocenters. The number of hydrogen-bond acceptors (Lipinski definition) is 5. The number of anilines is 2. The van der Waals surface area contributed by atoms with Gasteiger partial charge in [0.2, 0.25) is 11.8 Å². The average molecular weight is 291 g/mol. The zero-order valence-corrected chi connectivity index (χ0v) is 11.3. The van der Waals surface area contributed by atoms with Crippen molar-refractivity contribution in [1.82, 2.24) is 9.97 Å². The lowest BCUT2D eigenvalue weighted by atomic mass is 10.2. The Kier molecular flexibility index (Phi) is 4.65. The number of hydrogen-bond donors (Lipinski definition) is 2. The zero-order valence-electron chi connectivity index (χ0n) is 11.3. The minimum Gasteiger partial charge on any atom is -0.478 e. The molecule has 0 saturated heterocycles. The lowest BCUT2D eigenvalue weighted by Crippen LogP contribution is -2.03. The van der Waals surface area contributed by atoms with Gasteiger partial charge in [0.15, 0.2) is 0 Å². The Labute approximate surface area is 120 Å². The molecule has 0 bridgehead atoms. The fourth-order valence-electron chi connectivity index (χ4n) is 1.58. The molecule has 0 spiro atoms. The quantitative estimate of drug-likeness (QED) is 0.851. The van der Waals surface area contributed by atoms with Crippen LogP contribution in [0.2, 0.25) is 0 Å². The van der Waals surface area contributed by atoms with E-state index in [4.69, 9.17) is 9.84 Å². The number of carboxylic acid groups (broad SMARTS) is 1. The number of halogens is 1. The van der Waals surface area contributed by atoms with Crippen molar-refractivity contribution in [1.29, 1.82) is 0 Å². The number of benzene rings is 1. The number of nitrogens with one attached hydrogen (secondary N) is 1. The number of carbonyl (C=O) groups is 1. The highest BCUT2D eigenvalue weighted by Crippen LogP contribution is 2.18. The van der Waals surface area contributed by atoms with Gasteiger partial charge in [0.25, 0.3) is 0 Å². The summed E-state index contributed by atoms with van der Waals surface area (Å²) in [6.07, 6.45) is 2.37. The molecule has 0 amide bonds. The van der Waals surface area contributed by atoms with Crippen molar-refractivity contribution in [2.24, 2.45) is 0 Å². The van der Waals surface area contributed by atoms with Crippen LogP contribution in [0.25, 0.3) is 0 Å². The minimum atomic E-state index is -1.31.